The van der Waals surface area contributed by atoms with Crippen molar-refractivity contribution in [2.45, 2.75) is 13.3 Å². The zero-order valence-corrected chi connectivity index (χ0v) is 13.1. The van der Waals surface area contributed by atoms with Gasteiger partial charge in [-0.05, 0) is 0 Å². The fourth-order valence-electron chi connectivity index (χ4n) is 1.22. The van der Waals surface area contributed by atoms with E-state index in [1.165, 1.54) is 6.07 Å². The van der Waals surface area contributed by atoms with Crippen LogP contribution in [0.1, 0.15) is 23.7 Å². The zero-order valence-electron chi connectivity index (χ0n) is 9.47. The van der Waals surface area contributed by atoms with Crippen LogP contribution in [0.3, 0.4) is 0 Å². The molecule has 8 heteroatoms. The van der Waals surface area contributed by atoms with Crippen molar-refractivity contribution in [1.29, 1.82) is 0 Å². The number of hydrogen-bond acceptors (Lipinski definition) is 3. The predicted octanol–water partition coefficient (Wildman–Crippen LogP) is -1.92. The summed E-state index contributed by atoms with van der Waals surface area (Å²) in [5.41, 5.74) is 0.158. The van der Waals surface area contributed by atoms with E-state index in [4.69, 9.17) is 28.4 Å². The summed E-state index contributed by atoms with van der Waals surface area (Å²) < 4.78 is -0.424. The summed E-state index contributed by atoms with van der Waals surface area (Å²) in [4.78, 5) is 11.9. The van der Waals surface area contributed by atoms with Gasteiger partial charge in [0.2, 0.25) is 0 Å². The monoisotopic (exact) mass is 405 g/mol. The molecule has 1 aromatic rings. The quantitative estimate of drug-likeness (QED) is 0.231. The third kappa shape index (κ3) is 4.22. The molecule has 0 aromatic heterocycles. The Morgan fingerprint density at radius 3 is 2.78 bits per heavy atom. The molecule has 0 radical (unpaired) electrons. The summed E-state index contributed by atoms with van der Waals surface area (Å²) >= 11 is 10.7. The van der Waals surface area contributed by atoms with E-state index in [9.17, 15) is 10.0 Å². The van der Waals surface area contributed by atoms with Gasteiger partial charge in [0.15, 0.2) is 0 Å². The molecule has 1 amide bonds. The second-order valence-electron chi connectivity index (χ2n) is 3.32. The molecule has 0 spiro atoms. The van der Waals surface area contributed by atoms with Crippen molar-refractivity contribution in [3.05, 3.63) is 36.5 Å². The van der Waals surface area contributed by atoms with Crippen LogP contribution in [0.2, 0.25) is 10.0 Å². The van der Waals surface area contributed by atoms with Crippen LogP contribution in [-0.4, -0.2) is 17.7 Å². The number of amides is 1. The first-order valence-corrected chi connectivity index (χ1v) is 8.02. The average molecular weight is 406 g/mol. The Hall–Kier alpha value is -0.120. The first-order valence-electron chi connectivity index (χ1n) is 5.11. The molecule has 1 atom stereocenters. The van der Waals surface area contributed by atoms with Crippen molar-refractivity contribution in [3.63, 3.8) is 0 Å². The number of carbonyl (C=O) groups excluding carboxylic acids is 1. The number of benzene rings is 1. The van der Waals surface area contributed by atoms with Gasteiger partial charge >= 0.3 is 126 Å². The van der Waals surface area contributed by atoms with E-state index in [1.807, 2.05) is 6.92 Å². The molecule has 0 fully saturated rings. The number of quaternary nitrogens is 1. The Labute approximate surface area is 125 Å². The molecule has 0 aliphatic carbocycles. The maximum absolute atomic E-state index is 11.9. The van der Waals surface area contributed by atoms with E-state index < -0.39 is 24.9 Å². The predicted molar refractivity (Wildman–Crippen MR) is 63.9 cm³/mol. The first-order chi connectivity index (χ1) is 8.47. The molecule has 1 unspecified atom stereocenters. The first kappa shape index (κ1) is 15.9. The molecule has 18 heavy (non-hydrogen) atoms. The van der Waals surface area contributed by atoms with Gasteiger partial charge in [0.05, 0.1) is 0 Å². The second kappa shape index (κ2) is 7.46. The van der Waals surface area contributed by atoms with E-state index in [2.05, 4.69) is 5.32 Å². The third-order valence-corrected chi connectivity index (χ3v) is 4.96. The van der Waals surface area contributed by atoms with Gasteiger partial charge in [0.1, 0.15) is 0 Å². The van der Waals surface area contributed by atoms with Crippen molar-refractivity contribution in [3.8, 4) is 0 Å². The van der Waals surface area contributed by atoms with E-state index >= 15 is 0 Å². The summed E-state index contributed by atoms with van der Waals surface area (Å²) in [7, 11) is 0. The summed E-state index contributed by atoms with van der Waals surface area (Å²) in [6.45, 7) is 2.44. The molecule has 0 heterocycles. The fourth-order valence-corrected chi connectivity index (χ4v) is 3.37. The maximum atomic E-state index is 11.9. The van der Waals surface area contributed by atoms with Gasteiger partial charge in [-0.3, -0.25) is 0 Å². The average Bonchev–Trinajstić information content (AvgIpc) is 2.30. The summed E-state index contributed by atoms with van der Waals surface area (Å²) in [5, 5.41) is 22.5. The van der Waals surface area contributed by atoms with Crippen LogP contribution >= 0.6 is 23.2 Å². The number of rotatable bonds is 5. The Bertz CT molecular complexity index is 443. The number of hydrogen-bond donors (Lipinski definition) is 3. The van der Waals surface area contributed by atoms with Crippen LogP contribution in [0.25, 0.3) is 0 Å². The van der Waals surface area contributed by atoms with E-state index in [1.54, 1.807) is 6.07 Å². The van der Waals surface area contributed by atoms with Crippen LogP contribution < -0.4 is 30.2 Å². The van der Waals surface area contributed by atoms with E-state index in [0.717, 1.165) is 6.42 Å². The van der Waals surface area contributed by atoms with Gasteiger partial charge < -0.3 is 0 Å². The van der Waals surface area contributed by atoms with Crippen molar-refractivity contribution in [2.75, 3.05) is 6.54 Å². The molecule has 0 bridgehead atoms. The number of carbonyl (C=O) groups is 1. The van der Waals surface area contributed by atoms with Crippen LogP contribution in [0, 0.1) is 8.78 Å². The van der Waals surface area contributed by atoms with Crippen LogP contribution in [0.15, 0.2) is 12.1 Å². The van der Waals surface area contributed by atoms with Gasteiger partial charge in [-0.25, -0.2) is 0 Å². The normalized spacial score (nSPS) is 12.5. The van der Waals surface area contributed by atoms with Crippen LogP contribution in [-0.2, 0) is 0 Å². The Balaban J connectivity index is 3.05. The SMILES string of the molecule is CCCNC(=O)c1c(Cl)ccc([I-][NH+]([O-])O)c1Cl. The van der Waals surface area contributed by atoms with Crippen molar-refractivity contribution in [1.82, 2.24) is 5.32 Å². The Kier molecular flexibility index (Phi) is 6.61. The van der Waals surface area contributed by atoms with Crippen molar-refractivity contribution in [2.24, 2.45) is 0 Å². The Morgan fingerprint density at radius 1 is 1.56 bits per heavy atom. The van der Waals surface area contributed by atoms with Gasteiger partial charge in [-0.15, -0.1) is 0 Å². The van der Waals surface area contributed by atoms with Crippen LogP contribution in [0.4, 0.5) is 0 Å². The molecule has 3 N–H and O–H groups in total. The molecule has 1 rings (SSSR count). The molecule has 102 valence electrons. The van der Waals surface area contributed by atoms with E-state index in [-0.39, 0.29) is 21.5 Å². The summed E-state index contributed by atoms with van der Waals surface area (Å²) in [6.07, 6.45) is 0.794. The van der Waals surface area contributed by atoms with Gasteiger partial charge in [0.25, 0.3) is 0 Å². The molecule has 1 aromatic carbocycles. The number of nitrogens with one attached hydrogen (secondary N) is 2. The van der Waals surface area contributed by atoms with Crippen molar-refractivity contribution >= 4 is 29.1 Å². The van der Waals surface area contributed by atoms with Gasteiger partial charge in [-0.2, -0.15) is 0 Å². The Morgan fingerprint density at radius 2 is 2.22 bits per heavy atom. The standard InChI is InChI=1S/C10H12Cl2IN2O3/c1-2-5-14-10(16)8-6(11)3-4-7(9(8)12)13-15(17)18/h3-4,15,17H,2,5H2,1H3,(H,14,16)/q-1. The number of halogens is 3. The summed E-state index contributed by atoms with van der Waals surface area (Å²) in [5.74, 6) is -0.372. The molecule has 0 saturated heterocycles. The minimum atomic E-state index is -1.28. The molecule has 0 aliphatic rings. The second-order valence-corrected chi connectivity index (χ2v) is 6.73. The molecular formula is C10H12Cl2IN2O3-. The molecular weight excluding hydrogens is 394 g/mol. The van der Waals surface area contributed by atoms with Crippen molar-refractivity contribution < 1.29 is 34.9 Å². The molecule has 5 nitrogen and oxygen atoms in total. The van der Waals surface area contributed by atoms with E-state index in [0.29, 0.717) is 10.1 Å². The molecule has 0 aliphatic heterocycles. The molecule has 0 saturated carbocycles. The summed E-state index contributed by atoms with van der Waals surface area (Å²) in [6, 6.07) is 3.06. The third-order valence-electron chi connectivity index (χ3n) is 1.99. The van der Waals surface area contributed by atoms with Crippen LogP contribution in [0.5, 0.6) is 0 Å². The van der Waals surface area contributed by atoms with Gasteiger partial charge in [0, 0.05) is 0 Å². The van der Waals surface area contributed by atoms with Gasteiger partial charge in [-0.1, -0.05) is 0 Å². The zero-order chi connectivity index (χ0) is 13.7. The topological polar surface area (TPSA) is 76.8 Å². The fraction of sp³-hybridized carbons (Fsp3) is 0.300. The minimum absolute atomic E-state index is 0.145.